The summed E-state index contributed by atoms with van der Waals surface area (Å²) in [6.45, 7) is 1.22. The van der Waals surface area contributed by atoms with Crippen molar-refractivity contribution >= 4 is 34.0 Å². The maximum atomic E-state index is 13.0. The number of carbonyl (C=O) groups is 1. The van der Waals surface area contributed by atoms with Crippen molar-refractivity contribution in [1.82, 2.24) is 9.62 Å². The van der Waals surface area contributed by atoms with Crippen LogP contribution in [0.4, 0.5) is 0 Å². The molecule has 31 heavy (non-hydrogen) atoms. The highest BCUT2D eigenvalue weighted by Crippen LogP contribution is 2.45. The molecule has 1 fully saturated rings. The van der Waals surface area contributed by atoms with Gasteiger partial charge in [-0.15, -0.1) is 0 Å². The van der Waals surface area contributed by atoms with Crippen LogP contribution in [0.3, 0.4) is 0 Å². The van der Waals surface area contributed by atoms with E-state index in [1.165, 1.54) is 5.56 Å². The third-order valence-electron chi connectivity index (χ3n) is 5.77. The maximum absolute atomic E-state index is 13.0. The Morgan fingerprint density at radius 2 is 1.61 bits per heavy atom. The Morgan fingerprint density at radius 3 is 2.32 bits per heavy atom. The first-order chi connectivity index (χ1) is 15.1. The Bertz CT molecular complexity index is 1040. The Balaban J connectivity index is 1.54. The molecule has 3 unspecified atom stereocenters. The molecule has 0 aromatic heterocycles. The van der Waals surface area contributed by atoms with Crippen molar-refractivity contribution in [3.8, 4) is 0 Å². The molecule has 3 aromatic carbocycles. The molecule has 3 atom stereocenters. The molecule has 0 aliphatic carbocycles. The summed E-state index contributed by atoms with van der Waals surface area (Å²) in [5.41, 5.74) is 2.37. The molecule has 3 aromatic rings. The van der Waals surface area contributed by atoms with Crippen LogP contribution in [0, 0.1) is 5.92 Å². The van der Waals surface area contributed by atoms with Gasteiger partial charge in [0.2, 0.25) is 5.91 Å². The van der Waals surface area contributed by atoms with Crippen LogP contribution < -0.4 is 5.32 Å². The molecule has 4 rings (SSSR count). The van der Waals surface area contributed by atoms with Crippen LogP contribution in [0.2, 0.25) is 5.02 Å². The average Bonchev–Trinajstić information content (AvgIpc) is 2.83. The van der Waals surface area contributed by atoms with E-state index in [0.29, 0.717) is 13.1 Å². The van der Waals surface area contributed by atoms with E-state index in [9.17, 15) is 4.79 Å². The number of nitrogens with one attached hydrogen (secondary N) is 1. The van der Waals surface area contributed by atoms with Crippen LogP contribution >= 0.6 is 22.3 Å². The summed E-state index contributed by atoms with van der Waals surface area (Å²) in [7, 11) is -0.468. The fraction of sp³-hybridized carbons (Fsp3) is 0.231. The predicted molar refractivity (Wildman–Crippen MR) is 131 cm³/mol. The van der Waals surface area contributed by atoms with E-state index >= 15 is 0 Å². The molecule has 1 aliphatic heterocycles. The van der Waals surface area contributed by atoms with E-state index in [4.69, 9.17) is 11.6 Å². The smallest absolute Gasteiger partial charge is 0.224 e. The monoisotopic (exact) mass is 450 g/mol. The van der Waals surface area contributed by atoms with Crippen molar-refractivity contribution < 1.29 is 4.79 Å². The zero-order valence-electron chi connectivity index (χ0n) is 17.4. The Labute approximate surface area is 192 Å². The van der Waals surface area contributed by atoms with Gasteiger partial charge in [-0.25, -0.2) is 4.31 Å². The first kappa shape index (κ1) is 21.8. The molecule has 1 amide bonds. The van der Waals surface area contributed by atoms with Crippen LogP contribution in [0.25, 0.3) is 0 Å². The fourth-order valence-corrected chi connectivity index (χ4v) is 6.17. The number of hydrogen-bond acceptors (Lipinski definition) is 2. The second-order valence-corrected chi connectivity index (χ2v) is 9.84. The number of amides is 1. The SMILES string of the molecule is C=S(c1ccccc1Cl)N1CC(C(=O)NCc2ccccc2)CCC1c1ccccc1. The van der Waals surface area contributed by atoms with Crippen molar-refractivity contribution in [2.45, 2.75) is 30.3 Å². The van der Waals surface area contributed by atoms with Crippen LogP contribution in [-0.4, -0.2) is 22.6 Å². The molecule has 1 heterocycles. The standard InChI is InChI=1S/C26H27ClN2OS/c1-31(25-15-9-8-14-23(25)27)29-19-22(16-17-24(29)21-12-6-3-7-13-21)26(30)28-18-20-10-4-2-5-11-20/h2-15,22,24H,1,16-19H2,(H,28,30). The third-order valence-corrected chi connectivity index (χ3v) is 8.05. The molecule has 3 nitrogen and oxygen atoms in total. The molecular formula is C26H27ClN2OS. The zero-order chi connectivity index (χ0) is 21.6. The number of benzene rings is 3. The van der Waals surface area contributed by atoms with Gasteiger partial charge in [0.15, 0.2) is 0 Å². The molecule has 0 saturated carbocycles. The number of rotatable bonds is 6. The highest BCUT2D eigenvalue weighted by molar-refractivity contribution is 8.12. The Morgan fingerprint density at radius 1 is 0.968 bits per heavy atom. The van der Waals surface area contributed by atoms with Gasteiger partial charge in [-0.05, 0) is 36.1 Å². The molecule has 0 radical (unpaired) electrons. The van der Waals surface area contributed by atoms with Crippen LogP contribution in [-0.2, 0) is 11.3 Å². The fourth-order valence-electron chi connectivity index (χ4n) is 4.10. The lowest BCUT2D eigenvalue weighted by atomic mass is 9.90. The van der Waals surface area contributed by atoms with E-state index in [2.05, 4.69) is 39.8 Å². The summed E-state index contributed by atoms with van der Waals surface area (Å²) >= 11 is 6.51. The lowest BCUT2D eigenvalue weighted by Gasteiger charge is -2.41. The summed E-state index contributed by atoms with van der Waals surface area (Å²) < 4.78 is 2.37. The predicted octanol–water partition coefficient (Wildman–Crippen LogP) is 6.08. The molecule has 1 N–H and O–H groups in total. The van der Waals surface area contributed by atoms with Crippen molar-refractivity contribution in [1.29, 1.82) is 0 Å². The van der Waals surface area contributed by atoms with Gasteiger partial charge in [-0.3, -0.25) is 4.79 Å². The highest BCUT2D eigenvalue weighted by Gasteiger charge is 2.34. The lowest BCUT2D eigenvalue weighted by molar-refractivity contribution is -0.126. The highest BCUT2D eigenvalue weighted by atomic mass is 35.5. The van der Waals surface area contributed by atoms with Gasteiger partial charge < -0.3 is 5.32 Å². The summed E-state index contributed by atoms with van der Waals surface area (Å²) in [4.78, 5) is 14.0. The van der Waals surface area contributed by atoms with Crippen molar-refractivity contribution in [2.75, 3.05) is 6.54 Å². The second-order valence-electron chi connectivity index (χ2n) is 7.80. The number of hydrogen-bond donors (Lipinski definition) is 1. The van der Waals surface area contributed by atoms with Crippen LogP contribution in [0.1, 0.15) is 30.0 Å². The van der Waals surface area contributed by atoms with Gasteiger partial charge in [0.1, 0.15) is 0 Å². The van der Waals surface area contributed by atoms with Gasteiger partial charge >= 0.3 is 0 Å². The van der Waals surface area contributed by atoms with E-state index in [1.54, 1.807) is 0 Å². The van der Waals surface area contributed by atoms with Crippen molar-refractivity contribution in [3.05, 3.63) is 101 Å². The second kappa shape index (κ2) is 10.3. The molecule has 5 heteroatoms. The quantitative estimate of drug-likeness (QED) is 0.461. The van der Waals surface area contributed by atoms with E-state index in [-0.39, 0.29) is 17.9 Å². The third kappa shape index (κ3) is 5.27. The van der Waals surface area contributed by atoms with Gasteiger partial charge in [0.05, 0.1) is 10.9 Å². The largest absolute Gasteiger partial charge is 0.352 e. The van der Waals surface area contributed by atoms with Crippen LogP contribution in [0.15, 0.2) is 89.8 Å². The molecule has 1 saturated heterocycles. The normalized spacial score (nSPS) is 20.2. The minimum absolute atomic E-state index is 0.0667. The lowest BCUT2D eigenvalue weighted by Crippen LogP contribution is -2.42. The Hall–Kier alpha value is -2.40. The number of halogens is 1. The van der Waals surface area contributed by atoms with E-state index in [0.717, 1.165) is 28.3 Å². The molecule has 1 aliphatic rings. The van der Waals surface area contributed by atoms with Crippen molar-refractivity contribution in [2.24, 2.45) is 5.92 Å². The molecule has 160 valence electrons. The molecule has 0 bridgehead atoms. The number of piperidine rings is 1. The molecule has 0 spiro atoms. The average molecular weight is 451 g/mol. The molecular weight excluding hydrogens is 424 g/mol. The van der Waals surface area contributed by atoms with Gasteiger partial charge in [-0.1, -0.05) is 101 Å². The Kier molecular flexibility index (Phi) is 7.23. The first-order valence-electron chi connectivity index (χ1n) is 10.6. The summed E-state index contributed by atoms with van der Waals surface area (Å²) in [6, 6.07) is 28.6. The number of carbonyl (C=O) groups excluding carboxylic acids is 1. The minimum atomic E-state index is -0.468. The van der Waals surface area contributed by atoms with Gasteiger partial charge in [-0.2, -0.15) is 0 Å². The van der Waals surface area contributed by atoms with Crippen molar-refractivity contribution in [3.63, 3.8) is 0 Å². The topological polar surface area (TPSA) is 32.3 Å². The van der Waals surface area contributed by atoms with Gasteiger partial charge in [0.25, 0.3) is 0 Å². The first-order valence-corrected chi connectivity index (χ1v) is 12.3. The summed E-state index contributed by atoms with van der Waals surface area (Å²) in [5.74, 6) is 4.53. The summed E-state index contributed by atoms with van der Waals surface area (Å²) in [6.07, 6.45) is 1.77. The maximum Gasteiger partial charge on any atom is 0.224 e. The van der Waals surface area contributed by atoms with Gasteiger partial charge in [0, 0.05) is 24.0 Å². The minimum Gasteiger partial charge on any atom is -0.352 e. The van der Waals surface area contributed by atoms with E-state index in [1.807, 2.05) is 60.7 Å². The zero-order valence-corrected chi connectivity index (χ0v) is 19.0. The van der Waals surface area contributed by atoms with E-state index < -0.39 is 10.7 Å². The summed E-state index contributed by atoms with van der Waals surface area (Å²) in [5, 5.41) is 3.85. The van der Waals surface area contributed by atoms with Crippen LogP contribution in [0.5, 0.6) is 0 Å². The number of nitrogens with zero attached hydrogens (tertiary/aromatic N) is 1.